The van der Waals surface area contributed by atoms with Crippen LogP contribution in [-0.2, 0) is 9.59 Å². The van der Waals surface area contributed by atoms with E-state index in [9.17, 15) is 9.59 Å². The first-order valence-electron chi connectivity index (χ1n) is 5.10. The largest absolute Gasteiger partial charge is 0.299 e. The Morgan fingerprint density at radius 2 is 1.71 bits per heavy atom. The van der Waals surface area contributed by atoms with Gasteiger partial charge in [0.1, 0.15) is 5.78 Å². The Kier molecular flexibility index (Phi) is 5.36. The van der Waals surface area contributed by atoms with E-state index in [0.29, 0.717) is 12.8 Å². The first-order chi connectivity index (χ1) is 6.38. The zero-order chi connectivity index (χ0) is 11.2. The Labute approximate surface area is 86.4 Å². The van der Waals surface area contributed by atoms with Crippen molar-refractivity contribution in [3.8, 4) is 0 Å². The van der Waals surface area contributed by atoms with E-state index in [2.05, 4.69) is 0 Å². The van der Waals surface area contributed by atoms with E-state index in [0.717, 1.165) is 6.42 Å². The van der Waals surface area contributed by atoms with Gasteiger partial charge < -0.3 is 0 Å². The van der Waals surface area contributed by atoms with E-state index in [1.54, 1.807) is 6.08 Å². The Bertz CT molecular complexity index is 231. The van der Waals surface area contributed by atoms with E-state index in [1.165, 1.54) is 0 Å². The molecule has 0 aromatic rings. The van der Waals surface area contributed by atoms with Gasteiger partial charge in [-0.15, -0.1) is 0 Å². The highest BCUT2D eigenvalue weighted by molar-refractivity contribution is 5.94. The Balaban J connectivity index is 3.90. The van der Waals surface area contributed by atoms with Crippen LogP contribution in [0, 0.1) is 5.41 Å². The second kappa shape index (κ2) is 5.74. The molecule has 2 heteroatoms. The maximum atomic E-state index is 11.5. The molecule has 0 spiro atoms. The molecule has 0 saturated heterocycles. The number of carbonyl (C=O) groups excluding carboxylic acids is 2. The van der Waals surface area contributed by atoms with Crippen LogP contribution in [0.25, 0.3) is 0 Å². The van der Waals surface area contributed by atoms with Gasteiger partial charge in [-0.25, -0.2) is 0 Å². The lowest BCUT2D eigenvalue weighted by Gasteiger charge is -2.15. The van der Waals surface area contributed by atoms with Gasteiger partial charge >= 0.3 is 0 Å². The summed E-state index contributed by atoms with van der Waals surface area (Å²) in [5.41, 5.74) is -0.325. The number of carbonyl (C=O) groups is 2. The van der Waals surface area contributed by atoms with Crippen molar-refractivity contribution in [1.29, 1.82) is 0 Å². The summed E-state index contributed by atoms with van der Waals surface area (Å²) in [5.74, 6) is 0.195. The molecule has 0 fully saturated rings. The SMILES string of the molecule is CC/C=C/C(=O)CCC(=O)C(C)(C)C. The normalized spacial score (nSPS) is 12.0. The average molecular weight is 196 g/mol. The highest BCUT2D eigenvalue weighted by Crippen LogP contribution is 2.17. The van der Waals surface area contributed by atoms with Crippen LogP contribution in [0.15, 0.2) is 12.2 Å². The third-order valence-corrected chi connectivity index (χ3v) is 1.97. The Hall–Kier alpha value is -0.920. The second-order valence-corrected chi connectivity index (χ2v) is 4.45. The molecule has 80 valence electrons. The molecular formula is C12H20O2. The van der Waals surface area contributed by atoms with Gasteiger partial charge in [0, 0.05) is 18.3 Å². The monoisotopic (exact) mass is 196 g/mol. The van der Waals surface area contributed by atoms with E-state index in [1.807, 2.05) is 33.8 Å². The number of ketones is 2. The maximum absolute atomic E-state index is 11.5. The molecule has 0 saturated carbocycles. The summed E-state index contributed by atoms with van der Waals surface area (Å²) in [7, 11) is 0. The fourth-order valence-electron chi connectivity index (χ4n) is 0.944. The van der Waals surface area contributed by atoms with Gasteiger partial charge in [-0.3, -0.25) is 9.59 Å². The Morgan fingerprint density at radius 3 is 2.14 bits per heavy atom. The summed E-state index contributed by atoms with van der Waals surface area (Å²) in [6.45, 7) is 7.61. The average Bonchev–Trinajstić information content (AvgIpc) is 2.09. The molecule has 0 rings (SSSR count). The number of Topliss-reactive ketones (excluding diaryl/α,β-unsaturated/α-hetero) is 1. The smallest absolute Gasteiger partial charge is 0.155 e. The molecule has 0 aliphatic carbocycles. The molecule has 0 radical (unpaired) electrons. The Morgan fingerprint density at radius 1 is 1.14 bits per heavy atom. The summed E-state index contributed by atoms with van der Waals surface area (Å²) in [5, 5.41) is 0. The third-order valence-electron chi connectivity index (χ3n) is 1.97. The molecule has 0 N–H and O–H groups in total. The lowest BCUT2D eigenvalue weighted by Crippen LogP contribution is -2.20. The second-order valence-electron chi connectivity index (χ2n) is 4.45. The van der Waals surface area contributed by atoms with E-state index in [-0.39, 0.29) is 17.0 Å². The molecule has 0 aliphatic heterocycles. The number of allylic oxidation sites excluding steroid dienone is 2. The lowest BCUT2D eigenvalue weighted by molar-refractivity contribution is -0.128. The topological polar surface area (TPSA) is 34.1 Å². The van der Waals surface area contributed by atoms with Crippen molar-refractivity contribution in [1.82, 2.24) is 0 Å². The zero-order valence-corrected chi connectivity index (χ0v) is 9.59. The fourth-order valence-corrected chi connectivity index (χ4v) is 0.944. The van der Waals surface area contributed by atoms with Gasteiger partial charge in [-0.1, -0.05) is 33.8 Å². The molecular weight excluding hydrogens is 176 g/mol. The number of rotatable bonds is 5. The standard InChI is InChI=1S/C12H20O2/c1-5-6-7-10(13)8-9-11(14)12(2,3)4/h6-7H,5,8-9H2,1-4H3/b7-6+. The van der Waals surface area contributed by atoms with Crippen molar-refractivity contribution >= 4 is 11.6 Å². The highest BCUT2D eigenvalue weighted by Gasteiger charge is 2.20. The maximum Gasteiger partial charge on any atom is 0.155 e. The molecule has 2 nitrogen and oxygen atoms in total. The van der Waals surface area contributed by atoms with E-state index < -0.39 is 0 Å². The summed E-state index contributed by atoms with van der Waals surface area (Å²) >= 11 is 0. The van der Waals surface area contributed by atoms with Gasteiger partial charge in [0.05, 0.1) is 0 Å². The summed E-state index contributed by atoms with van der Waals surface area (Å²) in [6.07, 6.45) is 4.95. The van der Waals surface area contributed by atoms with Crippen molar-refractivity contribution in [2.75, 3.05) is 0 Å². The van der Waals surface area contributed by atoms with E-state index >= 15 is 0 Å². The lowest BCUT2D eigenvalue weighted by atomic mass is 9.88. The predicted octanol–water partition coefficient (Wildman–Crippen LogP) is 2.92. The summed E-state index contributed by atoms with van der Waals surface area (Å²) in [6, 6.07) is 0. The van der Waals surface area contributed by atoms with Gasteiger partial charge in [-0.2, -0.15) is 0 Å². The van der Waals surface area contributed by atoms with E-state index in [4.69, 9.17) is 0 Å². The van der Waals surface area contributed by atoms with Crippen molar-refractivity contribution in [3.63, 3.8) is 0 Å². The molecule has 0 heterocycles. The van der Waals surface area contributed by atoms with Crippen LogP contribution >= 0.6 is 0 Å². The van der Waals surface area contributed by atoms with Crippen LogP contribution in [0.2, 0.25) is 0 Å². The van der Waals surface area contributed by atoms with Crippen molar-refractivity contribution in [2.45, 2.75) is 47.0 Å². The molecule has 0 aliphatic rings. The summed E-state index contributed by atoms with van der Waals surface area (Å²) < 4.78 is 0. The zero-order valence-electron chi connectivity index (χ0n) is 9.59. The van der Waals surface area contributed by atoms with Crippen LogP contribution in [-0.4, -0.2) is 11.6 Å². The highest BCUT2D eigenvalue weighted by atomic mass is 16.1. The van der Waals surface area contributed by atoms with Crippen molar-refractivity contribution in [2.24, 2.45) is 5.41 Å². The quantitative estimate of drug-likeness (QED) is 0.633. The molecule has 0 unspecified atom stereocenters. The molecule has 14 heavy (non-hydrogen) atoms. The van der Waals surface area contributed by atoms with Crippen LogP contribution in [0.4, 0.5) is 0 Å². The molecule has 0 bridgehead atoms. The molecule has 0 aromatic heterocycles. The third kappa shape index (κ3) is 5.68. The van der Waals surface area contributed by atoms with Crippen LogP contribution < -0.4 is 0 Å². The number of hydrogen-bond donors (Lipinski definition) is 0. The minimum Gasteiger partial charge on any atom is -0.299 e. The predicted molar refractivity (Wildman–Crippen MR) is 58.1 cm³/mol. The molecule has 0 aromatic carbocycles. The van der Waals surface area contributed by atoms with Crippen LogP contribution in [0.1, 0.15) is 47.0 Å². The van der Waals surface area contributed by atoms with Crippen LogP contribution in [0.3, 0.4) is 0 Å². The van der Waals surface area contributed by atoms with Crippen molar-refractivity contribution < 1.29 is 9.59 Å². The van der Waals surface area contributed by atoms with Gasteiger partial charge in [0.2, 0.25) is 0 Å². The fraction of sp³-hybridized carbons (Fsp3) is 0.667. The molecule has 0 atom stereocenters. The molecule has 0 amide bonds. The van der Waals surface area contributed by atoms with Gasteiger partial charge in [0.15, 0.2) is 5.78 Å². The van der Waals surface area contributed by atoms with Crippen LogP contribution in [0.5, 0.6) is 0 Å². The van der Waals surface area contributed by atoms with Crippen molar-refractivity contribution in [3.05, 3.63) is 12.2 Å². The minimum atomic E-state index is -0.325. The first kappa shape index (κ1) is 13.1. The van der Waals surface area contributed by atoms with Gasteiger partial charge in [0.25, 0.3) is 0 Å². The van der Waals surface area contributed by atoms with Gasteiger partial charge in [-0.05, 0) is 12.5 Å². The summed E-state index contributed by atoms with van der Waals surface area (Å²) in [4.78, 5) is 22.7. The first-order valence-corrected chi connectivity index (χ1v) is 5.10. The minimum absolute atomic E-state index is 0.0458. The number of hydrogen-bond acceptors (Lipinski definition) is 2.